The summed E-state index contributed by atoms with van der Waals surface area (Å²) in [4.78, 5) is 18.6. The highest BCUT2D eigenvalue weighted by molar-refractivity contribution is 7.16. The van der Waals surface area contributed by atoms with Gasteiger partial charge in [0, 0.05) is 4.88 Å². The number of aliphatic imine (C=N–C) groups is 1. The van der Waals surface area contributed by atoms with Crippen molar-refractivity contribution < 1.29 is 13.6 Å². The van der Waals surface area contributed by atoms with Gasteiger partial charge in [-0.3, -0.25) is 4.79 Å². The maximum atomic E-state index is 12.8. The highest BCUT2D eigenvalue weighted by Crippen LogP contribution is 2.39. The first kappa shape index (κ1) is 15.9. The maximum Gasteiger partial charge on any atom is 0.255 e. The minimum absolute atomic E-state index is 0.0950. The fourth-order valence-corrected chi connectivity index (χ4v) is 4.26. The highest BCUT2D eigenvalue weighted by atomic mass is 32.1. The number of furan rings is 2. The van der Waals surface area contributed by atoms with Crippen LogP contribution < -0.4 is 5.32 Å². The normalized spacial score (nSPS) is 13.9. The molecule has 1 aliphatic rings. The van der Waals surface area contributed by atoms with Crippen molar-refractivity contribution in [1.29, 1.82) is 0 Å². The summed E-state index contributed by atoms with van der Waals surface area (Å²) in [6, 6.07) is 7.32. The first-order valence-corrected chi connectivity index (χ1v) is 9.15. The van der Waals surface area contributed by atoms with Crippen molar-refractivity contribution in [3.63, 3.8) is 0 Å². The Kier molecular flexibility index (Phi) is 4.52. The molecule has 0 aromatic carbocycles. The number of aryl methyl sites for hydroxylation is 1. The number of rotatable bonds is 5. The van der Waals surface area contributed by atoms with Gasteiger partial charge in [-0.25, -0.2) is 4.99 Å². The Morgan fingerprint density at radius 1 is 1.20 bits per heavy atom. The van der Waals surface area contributed by atoms with Crippen molar-refractivity contribution in [3.05, 3.63) is 64.3 Å². The van der Waals surface area contributed by atoms with E-state index < -0.39 is 0 Å². The molecule has 0 spiro atoms. The van der Waals surface area contributed by atoms with Gasteiger partial charge in [-0.2, -0.15) is 0 Å². The number of nitrogens with zero attached hydrogens (tertiary/aromatic N) is 1. The van der Waals surface area contributed by atoms with E-state index in [1.807, 2.05) is 24.3 Å². The van der Waals surface area contributed by atoms with E-state index in [0.29, 0.717) is 17.9 Å². The molecule has 0 unspecified atom stereocenters. The summed E-state index contributed by atoms with van der Waals surface area (Å²) in [6.07, 6.45) is 9.12. The molecule has 0 saturated carbocycles. The Morgan fingerprint density at radius 3 is 2.84 bits per heavy atom. The van der Waals surface area contributed by atoms with Gasteiger partial charge in [-0.05, 0) is 55.5 Å². The topological polar surface area (TPSA) is 67.7 Å². The van der Waals surface area contributed by atoms with Crippen LogP contribution in [0.4, 0.5) is 5.00 Å². The smallest absolute Gasteiger partial charge is 0.255 e. The van der Waals surface area contributed by atoms with Crippen molar-refractivity contribution in [3.8, 4) is 0 Å². The number of nitrogens with one attached hydrogen (secondary N) is 1. The number of carbonyl (C=O) groups excluding carboxylic acids is 1. The lowest BCUT2D eigenvalue weighted by molar-refractivity contribution is 0.0948. The lowest BCUT2D eigenvalue weighted by atomic mass is 9.95. The summed E-state index contributed by atoms with van der Waals surface area (Å²) >= 11 is 1.61. The Hall–Kier alpha value is -2.60. The summed E-state index contributed by atoms with van der Waals surface area (Å²) in [6.45, 7) is 0.373. The standard InChI is InChI=1S/C19H18N2O3S/c22-18(20-11-13-5-3-9-23-13)17-15-7-1-2-8-16(15)25-19(17)21-12-14-6-4-10-24-14/h3-6,9-10,12H,1-2,7-8,11H2,(H,20,22). The number of carbonyl (C=O) groups is 1. The third-order valence-electron chi connectivity index (χ3n) is 4.24. The third-order valence-corrected chi connectivity index (χ3v) is 5.44. The largest absolute Gasteiger partial charge is 0.467 e. The second-order valence-electron chi connectivity index (χ2n) is 5.93. The molecule has 0 fully saturated rings. The zero-order valence-corrected chi connectivity index (χ0v) is 14.5. The van der Waals surface area contributed by atoms with E-state index in [2.05, 4.69) is 10.3 Å². The number of amides is 1. The van der Waals surface area contributed by atoms with Gasteiger partial charge in [0.05, 0.1) is 30.8 Å². The molecule has 0 bridgehead atoms. The first-order chi connectivity index (χ1) is 12.3. The van der Waals surface area contributed by atoms with Crippen molar-refractivity contribution >= 4 is 28.5 Å². The Labute approximate surface area is 149 Å². The molecule has 5 nitrogen and oxygen atoms in total. The van der Waals surface area contributed by atoms with E-state index in [-0.39, 0.29) is 5.91 Å². The molecule has 1 amide bonds. The summed E-state index contributed by atoms with van der Waals surface area (Å²) < 4.78 is 10.6. The predicted octanol–water partition coefficient (Wildman–Crippen LogP) is 4.49. The van der Waals surface area contributed by atoms with Gasteiger partial charge in [-0.15, -0.1) is 11.3 Å². The highest BCUT2D eigenvalue weighted by Gasteiger charge is 2.25. The van der Waals surface area contributed by atoms with Crippen LogP contribution in [0.15, 0.2) is 50.6 Å². The second kappa shape index (κ2) is 7.11. The van der Waals surface area contributed by atoms with E-state index in [0.717, 1.165) is 35.6 Å². The van der Waals surface area contributed by atoms with Crippen LogP contribution >= 0.6 is 11.3 Å². The number of hydrogen-bond acceptors (Lipinski definition) is 5. The molecule has 3 aromatic heterocycles. The molecule has 3 heterocycles. The van der Waals surface area contributed by atoms with E-state index in [1.165, 1.54) is 11.3 Å². The molecule has 25 heavy (non-hydrogen) atoms. The summed E-state index contributed by atoms with van der Waals surface area (Å²) in [7, 11) is 0. The zero-order valence-electron chi connectivity index (χ0n) is 13.7. The number of thiophene rings is 1. The quantitative estimate of drug-likeness (QED) is 0.686. The molecular formula is C19H18N2O3S. The second-order valence-corrected chi connectivity index (χ2v) is 7.01. The van der Waals surface area contributed by atoms with E-state index in [9.17, 15) is 4.79 Å². The molecule has 3 aromatic rings. The molecule has 0 saturated heterocycles. The van der Waals surface area contributed by atoms with E-state index in [4.69, 9.17) is 8.83 Å². The van der Waals surface area contributed by atoms with Gasteiger partial charge in [0.1, 0.15) is 16.5 Å². The van der Waals surface area contributed by atoms with Crippen LogP contribution in [0.25, 0.3) is 0 Å². The van der Waals surface area contributed by atoms with Gasteiger partial charge in [0.25, 0.3) is 5.91 Å². The Morgan fingerprint density at radius 2 is 2.04 bits per heavy atom. The molecule has 0 aliphatic heterocycles. The minimum Gasteiger partial charge on any atom is -0.467 e. The lowest BCUT2D eigenvalue weighted by Gasteiger charge is -2.12. The fourth-order valence-electron chi connectivity index (χ4n) is 3.03. The van der Waals surface area contributed by atoms with Crippen LogP contribution in [0, 0.1) is 0 Å². The van der Waals surface area contributed by atoms with Gasteiger partial charge in [0.15, 0.2) is 0 Å². The van der Waals surface area contributed by atoms with Crippen LogP contribution in [0.3, 0.4) is 0 Å². The summed E-state index contributed by atoms with van der Waals surface area (Å²) in [5, 5.41) is 3.70. The van der Waals surface area contributed by atoms with Crippen LogP contribution in [-0.4, -0.2) is 12.1 Å². The average molecular weight is 354 g/mol. The van der Waals surface area contributed by atoms with Crippen molar-refractivity contribution in [2.75, 3.05) is 0 Å². The molecule has 1 N–H and O–H groups in total. The summed E-state index contributed by atoms with van der Waals surface area (Å²) in [5.41, 5.74) is 1.86. The third kappa shape index (κ3) is 3.44. The molecule has 6 heteroatoms. The number of hydrogen-bond donors (Lipinski definition) is 1. The summed E-state index contributed by atoms with van der Waals surface area (Å²) in [5.74, 6) is 1.31. The fraction of sp³-hybridized carbons (Fsp3) is 0.263. The molecular weight excluding hydrogens is 336 g/mol. The molecule has 1 aliphatic carbocycles. The van der Waals surface area contributed by atoms with E-state index >= 15 is 0 Å². The monoisotopic (exact) mass is 354 g/mol. The van der Waals surface area contributed by atoms with Crippen molar-refractivity contribution in [1.82, 2.24) is 5.32 Å². The van der Waals surface area contributed by atoms with E-state index in [1.54, 1.807) is 30.1 Å². The van der Waals surface area contributed by atoms with Crippen LogP contribution in [-0.2, 0) is 19.4 Å². The molecule has 128 valence electrons. The lowest BCUT2D eigenvalue weighted by Crippen LogP contribution is -2.23. The van der Waals surface area contributed by atoms with Crippen molar-refractivity contribution in [2.45, 2.75) is 32.2 Å². The maximum absolute atomic E-state index is 12.8. The van der Waals surface area contributed by atoms with Crippen LogP contribution in [0.2, 0.25) is 0 Å². The van der Waals surface area contributed by atoms with Crippen LogP contribution in [0.1, 0.15) is 45.2 Å². The van der Waals surface area contributed by atoms with Gasteiger partial charge < -0.3 is 14.2 Å². The molecule has 0 atom stereocenters. The van der Waals surface area contributed by atoms with Gasteiger partial charge >= 0.3 is 0 Å². The zero-order chi connectivity index (χ0) is 17.1. The SMILES string of the molecule is O=C(NCc1ccco1)c1c(N=Cc2ccco2)sc2c1CCCC2. The van der Waals surface area contributed by atoms with Crippen molar-refractivity contribution in [2.24, 2.45) is 4.99 Å². The number of fused-ring (bicyclic) bond motifs is 1. The molecule has 0 radical (unpaired) electrons. The predicted molar refractivity (Wildman–Crippen MR) is 96.8 cm³/mol. The van der Waals surface area contributed by atoms with Crippen LogP contribution in [0.5, 0.6) is 0 Å². The van der Waals surface area contributed by atoms with Gasteiger partial charge in [-0.1, -0.05) is 0 Å². The average Bonchev–Trinajstić information content (AvgIpc) is 3.38. The Balaban J connectivity index is 1.61. The Bertz CT molecular complexity index is 876. The minimum atomic E-state index is -0.0950. The first-order valence-electron chi connectivity index (χ1n) is 8.34. The molecule has 4 rings (SSSR count). The van der Waals surface area contributed by atoms with Gasteiger partial charge in [0.2, 0.25) is 0 Å².